The lowest BCUT2D eigenvalue weighted by Gasteiger charge is -2.29. The molecule has 1 saturated heterocycles. The van der Waals surface area contributed by atoms with Crippen molar-refractivity contribution in [1.82, 2.24) is 0 Å². The van der Waals surface area contributed by atoms with Crippen LogP contribution < -0.4 is 14.4 Å². The Balaban J connectivity index is 1.71. The van der Waals surface area contributed by atoms with Crippen molar-refractivity contribution in [1.29, 1.82) is 5.26 Å². The van der Waals surface area contributed by atoms with Gasteiger partial charge in [0.05, 0.1) is 17.7 Å². The molecule has 4 nitrogen and oxygen atoms in total. The van der Waals surface area contributed by atoms with Crippen molar-refractivity contribution in [2.24, 2.45) is 0 Å². The Morgan fingerprint density at radius 1 is 1.04 bits per heavy atom. The van der Waals surface area contributed by atoms with E-state index >= 15 is 0 Å². The van der Waals surface area contributed by atoms with E-state index in [4.69, 9.17) is 14.7 Å². The summed E-state index contributed by atoms with van der Waals surface area (Å²) in [7, 11) is 0. The molecule has 0 aromatic heterocycles. The van der Waals surface area contributed by atoms with E-state index in [1.165, 1.54) is 0 Å². The molecule has 2 aliphatic rings. The van der Waals surface area contributed by atoms with Gasteiger partial charge in [0.2, 0.25) is 0 Å². The molecule has 1 atom stereocenters. The minimum absolute atomic E-state index is 0.0196. The number of hydrogen-bond donors (Lipinski definition) is 0. The zero-order valence-corrected chi connectivity index (χ0v) is 13.5. The van der Waals surface area contributed by atoms with Crippen LogP contribution in [0.15, 0.2) is 30.3 Å². The molecular formula is C19H16F2N2O2. The Bertz CT molecular complexity index is 840. The Labute approximate surface area is 144 Å². The molecule has 4 rings (SSSR count). The minimum Gasteiger partial charge on any atom is -0.486 e. The van der Waals surface area contributed by atoms with Crippen molar-refractivity contribution < 1.29 is 18.3 Å². The second kappa shape index (κ2) is 6.25. The van der Waals surface area contributed by atoms with Gasteiger partial charge in [-0.3, -0.25) is 0 Å². The maximum atomic E-state index is 14.4. The first-order valence-corrected chi connectivity index (χ1v) is 8.22. The van der Waals surface area contributed by atoms with Crippen LogP contribution in [0.3, 0.4) is 0 Å². The average molecular weight is 342 g/mol. The molecule has 0 saturated carbocycles. The van der Waals surface area contributed by atoms with E-state index in [1.807, 2.05) is 18.2 Å². The fourth-order valence-corrected chi connectivity index (χ4v) is 3.55. The highest BCUT2D eigenvalue weighted by Gasteiger charge is 2.31. The number of nitriles is 1. The molecule has 0 N–H and O–H groups in total. The molecule has 128 valence electrons. The highest BCUT2D eigenvalue weighted by molar-refractivity contribution is 5.56. The maximum absolute atomic E-state index is 14.4. The minimum atomic E-state index is -0.707. The number of anilines is 1. The van der Waals surface area contributed by atoms with Crippen LogP contribution in [0.4, 0.5) is 14.5 Å². The predicted octanol–water partition coefficient (Wildman–Crippen LogP) is 3.95. The van der Waals surface area contributed by atoms with Crippen molar-refractivity contribution in [2.45, 2.75) is 18.9 Å². The number of rotatable bonds is 2. The summed E-state index contributed by atoms with van der Waals surface area (Å²) in [5.41, 5.74) is 0.843. The summed E-state index contributed by atoms with van der Waals surface area (Å²) in [6, 6.07) is 9.43. The molecule has 0 bridgehead atoms. The van der Waals surface area contributed by atoms with Gasteiger partial charge in [-0.2, -0.15) is 5.26 Å². The number of nitrogens with zero attached hydrogens (tertiary/aromatic N) is 2. The van der Waals surface area contributed by atoms with Gasteiger partial charge in [-0.15, -0.1) is 0 Å². The number of fused-ring (bicyclic) bond motifs is 1. The summed E-state index contributed by atoms with van der Waals surface area (Å²) in [5.74, 6) is -0.0614. The molecule has 1 unspecified atom stereocenters. The lowest BCUT2D eigenvalue weighted by molar-refractivity contribution is 0.171. The largest absolute Gasteiger partial charge is 0.486 e. The van der Waals surface area contributed by atoms with Crippen molar-refractivity contribution >= 4 is 5.69 Å². The first-order chi connectivity index (χ1) is 12.2. The van der Waals surface area contributed by atoms with Crippen molar-refractivity contribution in [3.05, 3.63) is 53.1 Å². The molecule has 1 fully saturated rings. The number of hydrogen-bond acceptors (Lipinski definition) is 4. The fourth-order valence-electron chi connectivity index (χ4n) is 3.55. The number of halogens is 2. The molecule has 0 spiro atoms. The van der Waals surface area contributed by atoms with Crippen LogP contribution in [-0.2, 0) is 0 Å². The summed E-state index contributed by atoms with van der Waals surface area (Å²) in [6.07, 6.45) is 1.62. The van der Waals surface area contributed by atoms with Gasteiger partial charge in [-0.25, -0.2) is 8.78 Å². The van der Waals surface area contributed by atoms with Crippen LogP contribution in [0.5, 0.6) is 11.5 Å². The third-order valence-corrected chi connectivity index (χ3v) is 4.64. The molecule has 0 aliphatic carbocycles. The van der Waals surface area contributed by atoms with Crippen LogP contribution >= 0.6 is 0 Å². The Morgan fingerprint density at radius 2 is 1.76 bits per heavy atom. The van der Waals surface area contributed by atoms with Gasteiger partial charge in [0, 0.05) is 6.54 Å². The van der Waals surface area contributed by atoms with Crippen LogP contribution in [0, 0.1) is 23.0 Å². The summed E-state index contributed by atoms with van der Waals surface area (Å²) in [5, 5.41) is 8.86. The Morgan fingerprint density at radius 3 is 2.48 bits per heavy atom. The van der Waals surface area contributed by atoms with Gasteiger partial charge in [-0.1, -0.05) is 6.07 Å². The third kappa shape index (κ3) is 2.76. The first-order valence-electron chi connectivity index (χ1n) is 8.22. The summed E-state index contributed by atoms with van der Waals surface area (Å²) >= 11 is 0. The lowest BCUT2D eigenvalue weighted by Crippen LogP contribution is -2.25. The first kappa shape index (κ1) is 15.7. The highest BCUT2D eigenvalue weighted by Crippen LogP contribution is 2.41. The Hall–Kier alpha value is -2.81. The smallest absolute Gasteiger partial charge is 0.161 e. The average Bonchev–Trinajstić information content (AvgIpc) is 3.10. The van der Waals surface area contributed by atoms with Gasteiger partial charge >= 0.3 is 0 Å². The van der Waals surface area contributed by atoms with E-state index < -0.39 is 11.6 Å². The highest BCUT2D eigenvalue weighted by atomic mass is 19.1. The van der Waals surface area contributed by atoms with E-state index in [-0.39, 0.29) is 17.3 Å². The van der Waals surface area contributed by atoms with Crippen LogP contribution in [-0.4, -0.2) is 19.8 Å². The second-order valence-electron chi connectivity index (χ2n) is 6.15. The molecule has 6 heteroatoms. The zero-order chi connectivity index (χ0) is 17.4. The van der Waals surface area contributed by atoms with Crippen molar-refractivity contribution in [3.63, 3.8) is 0 Å². The molecule has 2 aromatic rings. The van der Waals surface area contributed by atoms with Gasteiger partial charge in [0.1, 0.15) is 18.9 Å². The standard InChI is InChI=1S/C19H16F2N2O2/c20-14-8-12(11-22)9-15(21)19(14)23-5-1-2-16(23)13-3-4-17-18(10-13)25-7-6-24-17/h3-4,8-10,16H,1-2,5-7H2. The summed E-state index contributed by atoms with van der Waals surface area (Å²) in [6.45, 7) is 1.56. The quantitative estimate of drug-likeness (QED) is 0.829. The topological polar surface area (TPSA) is 45.5 Å². The molecule has 2 heterocycles. The molecule has 0 amide bonds. The van der Waals surface area contributed by atoms with E-state index in [2.05, 4.69) is 0 Å². The molecule has 2 aliphatic heterocycles. The van der Waals surface area contributed by atoms with Crippen LogP contribution in [0.1, 0.15) is 30.0 Å². The lowest BCUT2D eigenvalue weighted by atomic mass is 10.0. The molecule has 2 aromatic carbocycles. The van der Waals surface area contributed by atoms with Gasteiger partial charge in [0.15, 0.2) is 23.1 Å². The van der Waals surface area contributed by atoms with E-state index in [0.29, 0.717) is 31.3 Å². The molecule has 0 radical (unpaired) electrons. The third-order valence-electron chi connectivity index (χ3n) is 4.64. The second-order valence-corrected chi connectivity index (χ2v) is 6.15. The fraction of sp³-hybridized carbons (Fsp3) is 0.316. The molecule has 25 heavy (non-hydrogen) atoms. The van der Waals surface area contributed by atoms with Crippen LogP contribution in [0.2, 0.25) is 0 Å². The predicted molar refractivity (Wildman–Crippen MR) is 87.8 cm³/mol. The van der Waals surface area contributed by atoms with E-state index in [0.717, 1.165) is 30.5 Å². The van der Waals surface area contributed by atoms with Crippen molar-refractivity contribution in [2.75, 3.05) is 24.7 Å². The Kier molecular flexibility index (Phi) is 3.92. The zero-order valence-electron chi connectivity index (χ0n) is 13.5. The van der Waals surface area contributed by atoms with E-state index in [9.17, 15) is 8.78 Å². The van der Waals surface area contributed by atoms with E-state index in [1.54, 1.807) is 11.0 Å². The molecular weight excluding hydrogens is 326 g/mol. The number of benzene rings is 2. The van der Waals surface area contributed by atoms with Crippen LogP contribution in [0.25, 0.3) is 0 Å². The SMILES string of the molecule is N#Cc1cc(F)c(N2CCCC2c2ccc3c(c2)OCCO3)c(F)c1. The maximum Gasteiger partial charge on any atom is 0.161 e. The van der Waals surface area contributed by atoms with Crippen molar-refractivity contribution in [3.8, 4) is 17.6 Å². The van der Waals surface area contributed by atoms with Gasteiger partial charge < -0.3 is 14.4 Å². The summed E-state index contributed by atoms with van der Waals surface area (Å²) < 4.78 is 40.0. The normalized spacial score (nSPS) is 18.9. The monoisotopic (exact) mass is 342 g/mol. The number of ether oxygens (including phenoxy) is 2. The van der Waals surface area contributed by atoms with Gasteiger partial charge in [0.25, 0.3) is 0 Å². The van der Waals surface area contributed by atoms with Gasteiger partial charge in [-0.05, 0) is 42.7 Å². The summed E-state index contributed by atoms with van der Waals surface area (Å²) in [4.78, 5) is 1.73.